The van der Waals surface area contributed by atoms with Crippen molar-refractivity contribution in [1.29, 1.82) is 0 Å². The molecule has 5 heterocycles. The molecule has 78 valence electrons. The summed E-state index contributed by atoms with van der Waals surface area (Å²) < 4.78 is 6.60. The molecular weight excluding hydrogens is 180 g/mol. The maximum Gasteiger partial charge on any atom is 0.139 e. The normalized spacial score (nSPS) is 59.1. The molecule has 5 aliphatic rings. The molecule has 0 amide bonds. The number of ether oxygens (including phenoxy) is 1. The molecule has 0 spiro atoms. The third-order valence-corrected chi connectivity index (χ3v) is 3.69. The van der Waals surface area contributed by atoms with Crippen LogP contribution in [-0.4, -0.2) is 78.5 Å². The predicted octanol–water partition coefficient (Wildman–Crippen LogP) is -1.11. The average molecular weight is 197 g/mol. The zero-order valence-corrected chi connectivity index (χ0v) is 8.43. The van der Waals surface area contributed by atoms with Crippen molar-refractivity contribution >= 4 is 0 Å². The summed E-state index contributed by atoms with van der Waals surface area (Å²) >= 11 is 0. The fourth-order valence-electron chi connectivity index (χ4n) is 3.44. The van der Waals surface area contributed by atoms with Gasteiger partial charge in [0, 0.05) is 0 Å². The Morgan fingerprint density at radius 1 is 1.00 bits per heavy atom. The Morgan fingerprint density at radius 3 is 1.93 bits per heavy atom. The Hall–Kier alpha value is -0.200. The monoisotopic (exact) mass is 197 g/mol. The highest BCUT2D eigenvalue weighted by Gasteiger charge is 2.50. The predicted molar refractivity (Wildman–Crippen MR) is 49.6 cm³/mol. The largest absolute Gasteiger partial charge is 0.367 e. The number of rotatable bonds is 2. The minimum Gasteiger partial charge on any atom is -0.367 e. The van der Waals surface area contributed by atoms with Gasteiger partial charge in [0.1, 0.15) is 32.7 Å². The molecule has 0 aromatic rings. The molecule has 0 saturated carbocycles. The molecule has 0 radical (unpaired) electrons. The lowest BCUT2D eigenvalue weighted by Gasteiger charge is -2.60. The second kappa shape index (κ2) is 2.48. The fraction of sp³-hybridized carbons (Fsp3) is 1.00. The molecular formula is C9H17N4O+. The number of nitrogens with zero attached hydrogens (tertiary/aromatic N) is 4. The number of hydrogen-bond acceptors (Lipinski definition) is 4. The summed E-state index contributed by atoms with van der Waals surface area (Å²) in [6.07, 6.45) is 0.565. The lowest BCUT2D eigenvalue weighted by molar-refractivity contribution is -0.980. The van der Waals surface area contributed by atoms with Crippen molar-refractivity contribution in [1.82, 2.24) is 14.7 Å². The van der Waals surface area contributed by atoms with E-state index in [1.807, 2.05) is 0 Å². The zero-order valence-electron chi connectivity index (χ0n) is 8.43. The highest BCUT2D eigenvalue weighted by Crippen LogP contribution is 2.30. The molecule has 0 aliphatic carbocycles. The van der Waals surface area contributed by atoms with Gasteiger partial charge in [0.2, 0.25) is 0 Å². The summed E-state index contributed by atoms with van der Waals surface area (Å²) in [5, 5.41) is 0. The maximum absolute atomic E-state index is 5.38. The molecule has 14 heavy (non-hydrogen) atoms. The summed E-state index contributed by atoms with van der Waals surface area (Å²) in [6, 6.07) is 0. The van der Waals surface area contributed by atoms with Crippen molar-refractivity contribution in [2.75, 3.05) is 53.2 Å². The van der Waals surface area contributed by atoms with Gasteiger partial charge in [-0.15, -0.1) is 0 Å². The summed E-state index contributed by atoms with van der Waals surface area (Å²) in [4.78, 5) is 7.66. The molecule has 5 nitrogen and oxygen atoms in total. The second-order valence-electron chi connectivity index (χ2n) is 5.34. The van der Waals surface area contributed by atoms with Crippen LogP contribution in [0.2, 0.25) is 0 Å². The van der Waals surface area contributed by atoms with Crippen LogP contribution in [0.15, 0.2) is 0 Å². The first-order chi connectivity index (χ1) is 6.81. The minimum absolute atomic E-state index is 0.565. The van der Waals surface area contributed by atoms with E-state index < -0.39 is 0 Å². The van der Waals surface area contributed by atoms with Crippen LogP contribution in [0.3, 0.4) is 0 Å². The van der Waals surface area contributed by atoms with Gasteiger partial charge in [-0.05, 0) is 0 Å². The van der Waals surface area contributed by atoms with E-state index in [-0.39, 0.29) is 0 Å². The number of hydrogen-bond donors (Lipinski definition) is 0. The maximum atomic E-state index is 5.38. The standard InChI is InChI=1S/C9H17N4O/c1(9-2-14-9)13-6-10-3-11(7-13)5-12(4-10)8-13/h9H,1-8H2/q+1/t9-/m0/s1. The Kier molecular flexibility index (Phi) is 1.42. The van der Waals surface area contributed by atoms with E-state index in [0.717, 1.165) is 6.61 Å². The molecule has 0 aromatic carbocycles. The quantitative estimate of drug-likeness (QED) is 0.413. The summed E-state index contributed by atoms with van der Waals surface area (Å²) in [5.41, 5.74) is 0. The van der Waals surface area contributed by atoms with Crippen LogP contribution in [0.1, 0.15) is 0 Å². The van der Waals surface area contributed by atoms with E-state index in [2.05, 4.69) is 14.7 Å². The van der Waals surface area contributed by atoms with Gasteiger partial charge in [-0.25, -0.2) is 14.7 Å². The lowest BCUT2D eigenvalue weighted by Crippen LogP contribution is -2.79. The number of epoxide rings is 1. The Balaban J connectivity index is 1.60. The second-order valence-corrected chi connectivity index (χ2v) is 5.34. The molecule has 5 saturated heterocycles. The highest BCUT2D eigenvalue weighted by atomic mass is 16.6. The smallest absolute Gasteiger partial charge is 0.139 e. The molecule has 5 aliphatic heterocycles. The van der Waals surface area contributed by atoms with E-state index in [0.29, 0.717) is 6.10 Å². The van der Waals surface area contributed by atoms with Crippen LogP contribution >= 0.6 is 0 Å². The fourth-order valence-corrected chi connectivity index (χ4v) is 3.44. The van der Waals surface area contributed by atoms with Gasteiger partial charge in [0.25, 0.3) is 0 Å². The van der Waals surface area contributed by atoms with Gasteiger partial charge in [0.15, 0.2) is 0 Å². The molecule has 1 atom stereocenters. The molecule has 0 aromatic heterocycles. The van der Waals surface area contributed by atoms with Crippen LogP contribution in [0.25, 0.3) is 0 Å². The van der Waals surface area contributed by atoms with Crippen molar-refractivity contribution in [2.24, 2.45) is 0 Å². The first-order valence-electron chi connectivity index (χ1n) is 5.45. The van der Waals surface area contributed by atoms with Crippen LogP contribution < -0.4 is 0 Å². The Bertz CT molecular complexity index is 224. The van der Waals surface area contributed by atoms with E-state index >= 15 is 0 Å². The van der Waals surface area contributed by atoms with E-state index in [1.54, 1.807) is 0 Å². The Labute approximate surface area is 84.0 Å². The first-order valence-corrected chi connectivity index (χ1v) is 5.45. The molecule has 5 fully saturated rings. The lowest BCUT2D eigenvalue weighted by atomic mass is 10.2. The Morgan fingerprint density at radius 2 is 1.50 bits per heavy atom. The number of quaternary nitrogens is 1. The molecule has 4 bridgehead atoms. The van der Waals surface area contributed by atoms with Gasteiger partial charge in [0.05, 0.1) is 26.6 Å². The van der Waals surface area contributed by atoms with Gasteiger partial charge in [-0.3, -0.25) is 4.48 Å². The molecule has 0 N–H and O–H groups in total. The SMILES string of the molecule is C1O[C@H]1C[N+]12CN3CN(CN(C3)C1)C2. The molecule has 5 rings (SSSR count). The van der Waals surface area contributed by atoms with Crippen molar-refractivity contribution in [3.05, 3.63) is 0 Å². The molecule has 5 heteroatoms. The van der Waals surface area contributed by atoms with E-state index in [4.69, 9.17) is 4.74 Å². The van der Waals surface area contributed by atoms with Gasteiger partial charge < -0.3 is 4.74 Å². The van der Waals surface area contributed by atoms with Crippen molar-refractivity contribution in [3.8, 4) is 0 Å². The average Bonchev–Trinajstić information content (AvgIpc) is 2.84. The van der Waals surface area contributed by atoms with Crippen LogP contribution in [0.4, 0.5) is 0 Å². The van der Waals surface area contributed by atoms with Crippen molar-refractivity contribution < 1.29 is 9.22 Å². The van der Waals surface area contributed by atoms with Gasteiger partial charge in [-0.1, -0.05) is 0 Å². The van der Waals surface area contributed by atoms with Crippen LogP contribution in [-0.2, 0) is 4.74 Å². The van der Waals surface area contributed by atoms with Crippen molar-refractivity contribution in [3.63, 3.8) is 0 Å². The summed E-state index contributed by atoms with van der Waals surface area (Å²) in [5.74, 6) is 0. The first kappa shape index (κ1) is 8.01. The van der Waals surface area contributed by atoms with Crippen LogP contribution in [0.5, 0.6) is 0 Å². The zero-order chi connectivity index (χ0) is 9.17. The molecule has 0 unspecified atom stereocenters. The van der Waals surface area contributed by atoms with Crippen LogP contribution in [0, 0.1) is 0 Å². The van der Waals surface area contributed by atoms with E-state index in [9.17, 15) is 0 Å². The minimum atomic E-state index is 0.565. The van der Waals surface area contributed by atoms with E-state index in [1.165, 1.54) is 51.0 Å². The van der Waals surface area contributed by atoms with Gasteiger partial charge in [-0.2, -0.15) is 0 Å². The third kappa shape index (κ3) is 1.14. The third-order valence-electron chi connectivity index (χ3n) is 3.69. The summed E-state index contributed by atoms with van der Waals surface area (Å²) in [6.45, 7) is 9.50. The van der Waals surface area contributed by atoms with Crippen molar-refractivity contribution in [2.45, 2.75) is 6.10 Å². The van der Waals surface area contributed by atoms with Gasteiger partial charge >= 0.3 is 0 Å². The highest BCUT2D eigenvalue weighted by molar-refractivity contribution is 4.77. The topological polar surface area (TPSA) is 22.2 Å². The summed E-state index contributed by atoms with van der Waals surface area (Å²) in [7, 11) is 0.